The number of benzene rings is 1. The van der Waals surface area contributed by atoms with Gasteiger partial charge >= 0.3 is 0 Å². The maximum atomic E-state index is 5.72. The number of anilines is 1. The topological polar surface area (TPSA) is 41.7 Å². The van der Waals surface area contributed by atoms with E-state index in [9.17, 15) is 0 Å². The molecule has 2 N–H and O–H groups in total. The predicted octanol–water partition coefficient (Wildman–Crippen LogP) is 1.22. The molecule has 1 aromatic carbocycles. The average molecular weight is 275 g/mol. The van der Waals surface area contributed by atoms with Gasteiger partial charge in [0.15, 0.2) is 0 Å². The molecule has 1 aromatic rings. The Bertz CT molecular complexity index is 414. The summed E-state index contributed by atoms with van der Waals surface area (Å²) in [5, 5.41) is 0. The molecule has 1 atom stereocenters. The Morgan fingerprint density at radius 3 is 2.60 bits per heavy atom. The molecular formula is C16H25N3O. The number of nitrogen functional groups attached to an aromatic ring is 1. The Labute approximate surface area is 121 Å². The molecule has 2 aliphatic rings. The van der Waals surface area contributed by atoms with Gasteiger partial charge in [-0.1, -0.05) is 12.1 Å². The van der Waals surface area contributed by atoms with Gasteiger partial charge in [0.1, 0.15) is 0 Å². The van der Waals surface area contributed by atoms with Crippen molar-refractivity contribution >= 4 is 5.69 Å². The Morgan fingerprint density at radius 2 is 1.85 bits per heavy atom. The summed E-state index contributed by atoms with van der Waals surface area (Å²) in [6, 6.07) is 9.02. The monoisotopic (exact) mass is 275 g/mol. The van der Waals surface area contributed by atoms with E-state index in [-0.39, 0.29) is 0 Å². The van der Waals surface area contributed by atoms with Crippen LogP contribution in [0.4, 0.5) is 5.69 Å². The first-order valence-electron chi connectivity index (χ1n) is 7.70. The summed E-state index contributed by atoms with van der Waals surface area (Å²) in [5.74, 6) is 0. The molecule has 110 valence electrons. The fourth-order valence-corrected chi connectivity index (χ4v) is 3.23. The van der Waals surface area contributed by atoms with E-state index in [4.69, 9.17) is 10.5 Å². The largest absolute Gasteiger partial charge is 0.399 e. The quantitative estimate of drug-likeness (QED) is 0.839. The predicted molar refractivity (Wildman–Crippen MR) is 81.8 cm³/mol. The van der Waals surface area contributed by atoms with Crippen LogP contribution in [0.1, 0.15) is 12.0 Å². The maximum Gasteiger partial charge on any atom is 0.0594 e. The second-order valence-corrected chi connectivity index (χ2v) is 5.88. The van der Waals surface area contributed by atoms with E-state index in [2.05, 4.69) is 21.9 Å². The molecule has 0 aromatic heterocycles. The van der Waals surface area contributed by atoms with E-state index in [0.29, 0.717) is 0 Å². The molecule has 2 aliphatic heterocycles. The standard InChI is InChI=1S/C16H25N3O/c17-15-3-1-14(2-4-15)5-7-18-8-6-16(13-18)19-9-11-20-12-10-19/h1-4,16H,5-13,17H2. The second kappa shape index (κ2) is 6.57. The molecular weight excluding hydrogens is 250 g/mol. The van der Waals surface area contributed by atoms with Crippen LogP contribution in [-0.4, -0.2) is 61.8 Å². The number of likely N-dealkylation sites (tertiary alicyclic amines) is 1. The van der Waals surface area contributed by atoms with Gasteiger partial charge < -0.3 is 15.4 Å². The molecule has 20 heavy (non-hydrogen) atoms. The number of ether oxygens (including phenoxy) is 1. The molecule has 0 saturated carbocycles. The lowest BCUT2D eigenvalue weighted by Gasteiger charge is -2.32. The first-order valence-corrected chi connectivity index (χ1v) is 7.70. The molecule has 0 bridgehead atoms. The summed E-state index contributed by atoms with van der Waals surface area (Å²) in [5.41, 5.74) is 7.95. The molecule has 0 aliphatic carbocycles. The van der Waals surface area contributed by atoms with Crippen molar-refractivity contribution in [3.8, 4) is 0 Å². The van der Waals surface area contributed by atoms with Gasteiger partial charge in [-0.2, -0.15) is 0 Å². The maximum absolute atomic E-state index is 5.72. The highest BCUT2D eigenvalue weighted by molar-refractivity contribution is 5.39. The summed E-state index contributed by atoms with van der Waals surface area (Å²) in [6.07, 6.45) is 2.43. The number of hydrogen-bond acceptors (Lipinski definition) is 4. The van der Waals surface area contributed by atoms with Crippen LogP contribution in [0.5, 0.6) is 0 Å². The molecule has 4 heteroatoms. The van der Waals surface area contributed by atoms with Gasteiger partial charge in [-0.25, -0.2) is 0 Å². The Hall–Kier alpha value is -1.10. The molecule has 1 unspecified atom stereocenters. The lowest BCUT2D eigenvalue weighted by molar-refractivity contribution is 0.0185. The molecule has 0 radical (unpaired) electrons. The molecule has 2 saturated heterocycles. The lowest BCUT2D eigenvalue weighted by atomic mass is 10.1. The van der Waals surface area contributed by atoms with Gasteiger partial charge in [-0.3, -0.25) is 4.90 Å². The minimum absolute atomic E-state index is 0.741. The minimum Gasteiger partial charge on any atom is -0.399 e. The minimum atomic E-state index is 0.741. The zero-order valence-electron chi connectivity index (χ0n) is 12.1. The van der Waals surface area contributed by atoms with Crippen LogP contribution in [0.25, 0.3) is 0 Å². The lowest BCUT2D eigenvalue weighted by Crippen LogP contribution is -2.44. The van der Waals surface area contributed by atoms with E-state index >= 15 is 0 Å². The van der Waals surface area contributed by atoms with Crippen molar-refractivity contribution in [1.29, 1.82) is 0 Å². The molecule has 2 heterocycles. The zero-order valence-corrected chi connectivity index (χ0v) is 12.1. The smallest absolute Gasteiger partial charge is 0.0594 e. The molecule has 0 amide bonds. The van der Waals surface area contributed by atoms with Gasteiger partial charge in [0.25, 0.3) is 0 Å². The number of nitrogens with zero attached hydrogens (tertiary/aromatic N) is 2. The van der Waals surface area contributed by atoms with Crippen LogP contribution in [0, 0.1) is 0 Å². The number of morpholine rings is 1. The zero-order chi connectivity index (χ0) is 13.8. The van der Waals surface area contributed by atoms with Crippen LogP contribution in [0.15, 0.2) is 24.3 Å². The van der Waals surface area contributed by atoms with Crippen molar-refractivity contribution in [1.82, 2.24) is 9.80 Å². The van der Waals surface area contributed by atoms with Crippen molar-refractivity contribution < 1.29 is 4.74 Å². The molecule has 0 spiro atoms. The van der Waals surface area contributed by atoms with Crippen LogP contribution in [-0.2, 0) is 11.2 Å². The Morgan fingerprint density at radius 1 is 1.10 bits per heavy atom. The number of nitrogens with two attached hydrogens (primary N) is 1. The number of rotatable bonds is 4. The van der Waals surface area contributed by atoms with Gasteiger partial charge in [0.2, 0.25) is 0 Å². The van der Waals surface area contributed by atoms with Crippen LogP contribution < -0.4 is 5.73 Å². The fourth-order valence-electron chi connectivity index (χ4n) is 3.23. The van der Waals surface area contributed by atoms with Crippen molar-refractivity contribution in [3.63, 3.8) is 0 Å². The van der Waals surface area contributed by atoms with Crippen LogP contribution >= 0.6 is 0 Å². The summed E-state index contributed by atoms with van der Waals surface area (Å²) >= 11 is 0. The third kappa shape index (κ3) is 3.51. The highest BCUT2D eigenvalue weighted by Gasteiger charge is 2.28. The highest BCUT2D eigenvalue weighted by Crippen LogP contribution is 2.17. The normalized spacial score (nSPS) is 25.1. The van der Waals surface area contributed by atoms with E-state index in [1.54, 1.807) is 0 Å². The third-order valence-electron chi connectivity index (χ3n) is 4.51. The summed E-state index contributed by atoms with van der Waals surface area (Å²) in [7, 11) is 0. The molecule has 2 fully saturated rings. The SMILES string of the molecule is Nc1ccc(CCN2CCC(N3CCOCC3)C2)cc1. The average Bonchev–Trinajstić information content (AvgIpc) is 2.97. The number of hydrogen-bond donors (Lipinski definition) is 1. The first kappa shape index (κ1) is 13.9. The Balaban J connectivity index is 1.44. The van der Waals surface area contributed by atoms with Gasteiger partial charge in [0, 0.05) is 37.9 Å². The van der Waals surface area contributed by atoms with E-state index < -0.39 is 0 Å². The van der Waals surface area contributed by atoms with Crippen LogP contribution in [0.3, 0.4) is 0 Å². The van der Waals surface area contributed by atoms with Crippen molar-refractivity contribution in [2.24, 2.45) is 0 Å². The molecule has 4 nitrogen and oxygen atoms in total. The van der Waals surface area contributed by atoms with E-state index in [1.165, 1.54) is 25.1 Å². The van der Waals surface area contributed by atoms with Gasteiger partial charge in [0.05, 0.1) is 13.2 Å². The Kier molecular flexibility index (Phi) is 4.55. The second-order valence-electron chi connectivity index (χ2n) is 5.88. The van der Waals surface area contributed by atoms with Crippen LogP contribution in [0.2, 0.25) is 0 Å². The van der Waals surface area contributed by atoms with Crippen molar-refractivity contribution in [2.75, 3.05) is 51.7 Å². The fraction of sp³-hybridized carbons (Fsp3) is 0.625. The van der Waals surface area contributed by atoms with Crippen molar-refractivity contribution in [2.45, 2.75) is 18.9 Å². The summed E-state index contributed by atoms with van der Waals surface area (Å²) in [4.78, 5) is 5.20. The third-order valence-corrected chi connectivity index (χ3v) is 4.51. The van der Waals surface area contributed by atoms with Gasteiger partial charge in [-0.05, 0) is 37.1 Å². The summed E-state index contributed by atoms with van der Waals surface area (Å²) < 4.78 is 5.44. The molecule has 3 rings (SSSR count). The van der Waals surface area contributed by atoms with Gasteiger partial charge in [-0.15, -0.1) is 0 Å². The highest BCUT2D eigenvalue weighted by atomic mass is 16.5. The van der Waals surface area contributed by atoms with E-state index in [1.807, 2.05) is 12.1 Å². The summed E-state index contributed by atoms with van der Waals surface area (Å²) in [6.45, 7) is 7.63. The van der Waals surface area contributed by atoms with E-state index in [0.717, 1.165) is 51.0 Å². The first-order chi connectivity index (χ1) is 9.81. The van der Waals surface area contributed by atoms with Crippen molar-refractivity contribution in [3.05, 3.63) is 29.8 Å².